The van der Waals surface area contributed by atoms with Crippen LogP contribution in [0.4, 0.5) is 0 Å². The summed E-state index contributed by atoms with van der Waals surface area (Å²) in [4.78, 5) is 84.8. The number of carboxylic acid groups (broad SMARTS) is 1. The minimum atomic E-state index is -1.20. The van der Waals surface area contributed by atoms with E-state index in [9.17, 15) is 59.1 Å². The summed E-state index contributed by atoms with van der Waals surface area (Å²) in [5.74, 6) is 5.94. The van der Waals surface area contributed by atoms with Crippen molar-refractivity contribution in [3.8, 4) is 103 Å². The number of aromatic carboxylic acids is 1. The second-order valence-corrected chi connectivity index (χ2v) is 36.9. The quantitative estimate of drug-likeness (QED) is 0.00464. The molecule has 0 amide bonds. The fourth-order valence-electron chi connectivity index (χ4n) is 15.3. The van der Waals surface area contributed by atoms with E-state index in [-0.39, 0.29) is 107 Å². The SMILES string of the molecule is BrB(Br)Br.CCc1cc(-c2[nH][nH]c(=O)c2-c2cccc3ccccc23)c(O)cc1O.CCc1cc(C(=O)C(C(=O)OC)c2cccc3ccccc23)c(OC)cc1OC.CCc1cc(C(=O)O)c(O)cc1O.CCc1cc(C(=O)OC)c(OC)cc1OC.CCc1cc2c(O)c(-c3cccc4ccccc34)c(=O)oc2cc1O.CCc1ccc(O)cc1O.COC(=O)Cc1cccc2ccccc12.C[O-].NN.[Na+]. The van der Waals surface area contributed by atoms with Gasteiger partial charge >= 0.3 is 62.2 Å². The van der Waals surface area contributed by atoms with Gasteiger partial charge < -0.3 is 88.6 Å². The Balaban J connectivity index is 0.000000258. The molecule has 1 unspecified atom stereocenters. The molecule has 1 atom stereocenters. The van der Waals surface area contributed by atoms with Gasteiger partial charge in [-0.15, -0.1) is 47.3 Å². The predicted molar refractivity (Wildman–Crippen MR) is 565 cm³/mol. The third-order valence-corrected chi connectivity index (χ3v) is 22.4. The Bertz CT molecular complexity index is 7150. The predicted octanol–water partition coefficient (Wildman–Crippen LogP) is 17.9. The standard InChI is InChI=1S/C24H24O5.C21H18N2O3.C21H16O4.C13H12O2.C12H16O4.C9H10O4.C8H10O2.CH3O.BBr3.H4N2.Na/c1-5-15-13-19(21(28-3)14-20(15)27-2)23(25)22(24(26)29-4)18-12-8-10-16-9-6-7-11-17(16)18;1-2-12-10-16(18(25)11-17(12)24)20-19(21(26)23-22-20)15-9-5-7-13-6-3-4-8-14(13)15;1-2-12-10-16-18(11-17(12)22)25-21(24)19(20(16)23)15-9-5-7-13-6-3-4-8-14(13)15;1-15-13(14)9-11-7-4-6-10-5-2-3-8-12(10)11;1-5-8-6-9(12(13)16-4)11(15-3)7-10(8)14-2;1-2-5-3-6(9(12)13)8(11)4-7(5)10;1-2-6-3-4-7(9)5-8(6)10;1-2;2-1(3)4;1-2;/h6-14,22H,5H2,1-4H3;3-11,24-25H,2H2,1H3,(H2,22,23,26);3-11,22-23H,2H2,1H3;2-8H,9H2,1H3;6-7H,5H2,1-4H3;3-4,10-11H,2H2,1H3,(H,12,13);3-5,9-10H,2H2,1H3;1H3;;1-2H2;/q;;;;;;;-1;;;+1. The van der Waals surface area contributed by atoms with Gasteiger partial charge in [0.15, 0.2) is 5.78 Å². The monoisotopic (exact) mass is 2150 g/mol. The van der Waals surface area contributed by atoms with Gasteiger partial charge in [0.25, 0.3) is 5.56 Å². The minimum Gasteiger partial charge on any atom is -0.857 e. The van der Waals surface area contributed by atoms with E-state index >= 15 is 0 Å². The first-order valence-corrected chi connectivity index (χ1v) is 47.0. The smallest absolute Gasteiger partial charge is 0.857 e. The van der Waals surface area contributed by atoms with Gasteiger partial charge in [0.2, 0.25) is 0 Å². The maximum Gasteiger partial charge on any atom is 1.00 e. The van der Waals surface area contributed by atoms with Crippen LogP contribution in [0.25, 0.3) is 87.6 Å². The zero-order valence-electron chi connectivity index (χ0n) is 81.6. The zero-order valence-corrected chi connectivity index (χ0v) is 88.4. The Morgan fingerprint density at radius 2 is 0.804 bits per heavy atom. The molecule has 143 heavy (non-hydrogen) atoms. The van der Waals surface area contributed by atoms with Crippen molar-refractivity contribution in [2.24, 2.45) is 11.7 Å². The molecule has 744 valence electrons. The number of carboxylic acids is 1. The molecule has 2 aromatic heterocycles. The van der Waals surface area contributed by atoms with Crippen molar-refractivity contribution < 1.29 is 142 Å². The van der Waals surface area contributed by atoms with E-state index < -0.39 is 35.2 Å². The summed E-state index contributed by atoms with van der Waals surface area (Å²) in [7, 11) is 10.9. The number of nitrogens with two attached hydrogens (primary N) is 2. The summed E-state index contributed by atoms with van der Waals surface area (Å²) >= 11 is 9.31. The summed E-state index contributed by atoms with van der Waals surface area (Å²) in [6, 6.07) is 73.9. The van der Waals surface area contributed by atoms with Crippen LogP contribution in [-0.2, 0) is 68.7 Å². The van der Waals surface area contributed by atoms with Gasteiger partial charge in [-0.05, 0) is 168 Å². The van der Waals surface area contributed by atoms with E-state index in [1.807, 2.05) is 192 Å². The van der Waals surface area contributed by atoms with Crippen molar-refractivity contribution in [3.63, 3.8) is 0 Å². The first-order valence-electron chi connectivity index (χ1n) is 44.3. The number of aromatic amines is 2. The largest absolute Gasteiger partial charge is 1.00 e. The number of rotatable bonds is 21. The van der Waals surface area contributed by atoms with E-state index in [0.29, 0.717) is 116 Å². The topological polar surface area (TPSA) is 486 Å². The molecule has 0 bridgehead atoms. The molecule has 0 aliphatic heterocycles. The maximum atomic E-state index is 13.6. The minimum absolute atomic E-state index is 0. The van der Waals surface area contributed by atoms with Crippen molar-refractivity contribution in [1.29, 1.82) is 0 Å². The van der Waals surface area contributed by atoms with E-state index in [4.69, 9.17) is 58.4 Å². The van der Waals surface area contributed by atoms with Gasteiger partial charge in [-0.25, -0.2) is 14.4 Å². The molecule has 0 radical (unpaired) electrons. The van der Waals surface area contributed by atoms with Gasteiger partial charge in [0.05, 0.1) is 78.4 Å². The van der Waals surface area contributed by atoms with E-state index in [2.05, 4.69) is 73.9 Å². The number of hydrogen-bond donors (Lipinski definition) is 13. The number of benzene rings is 14. The second-order valence-electron chi connectivity index (χ2n) is 30.5. The molecule has 34 heteroatoms. The number of hydrazine groups is 1. The number of methoxy groups -OCH3 is 7. The summed E-state index contributed by atoms with van der Waals surface area (Å²) in [5, 5.41) is 108. The number of Topliss-reactive ketones (excluding diaryl/α,β-unsaturated/α-hetero) is 1. The molecule has 0 fully saturated rings. The number of carbonyl (C=O) groups excluding carboxylic acids is 4. The molecule has 16 aromatic rings. The number of aryl methyl sites for hydroxylation is 6. The third-order valence-electron chi connectivity index (χ3n) is 22.4. The fourth-order valence-corrected chi connectivity index (χ4v) is 15.3. The molecule has 0 saturated carbocycles. The van der Waals surface area contributed by atoms with Gasteiger partial charge in [0.1, 0.15) is 97.2 Å². The van der Waals surface area contributed by atoms with Gasteiger partial charge in [0, 0.05) is 47.5 Å². The molecule has 14 aromatic carbocycles. The number of aromatic hydroxyl groups is 8. The third kappa shape index (κ3) is 30.5. The Hall–Kier alpha value is -14.1. The van der Waals surface area contributed by atoms with E-state index in [1.54, 1.807) is 81.8 Å². The van der Waals surface area contributed by atoms with Crippen molar-refractivity contribution in [1.82, 2.24) is 10.2 Å². The molecule has 0 saturated heterocycles. The molecular formula is C109H113BBr3N4NaO25. The number of nitrogens with one attached hydrogen (secondary N) is 2. The molecule has 15 N–H and O–H groups in total. The number of ketones is 1. The van der Waals surface area contributed by atoms with Crippen LogP contribution in [0.15, 0.2) is 263 Å². The zero-order chi connectivity index (χ0) is 105. The van der Waals surface area contributed by atoms with Crippen molar-refractivity contribution in [2.75, 3.05) is 56.9 Å². The van der Waals surface area contributed by atoms with Gasteiger partial charge in [-0.3, -0.25) is 41.1 Å². The van der Waals surface area contributed by atoms with Crippen molar-refractivity contribution in [2.45, 2.75) is 92.4 Å². The van der Waals surface area contributed by atoms with Crippen LogP contribution < -0.4 is 76.5 Å². The number of carbonyl (C=O) groups is 5. The normalized spacial score (nSPS) is 10.4. The second kappa shape index (κ2) is 58.3. The average molecular weight is 2150 g/mol. The number of halogens is 3. The molecular weight excluding hydrogens is 2040 g/mol. The summed E-state index contributed by atoms with van der Waals surface area (Å²) in [6.45, 7) is 11.5. The first kappa shape index (κ1) is 118. The van der Waals surface area contributed by atoms with Crippen LogP contribution in [0.5, 0.6) is 69.0 Å². The van der Waals surface area contributed by atoms with E-state index in [0.717, 1.165) is 96.9 Å². The Kier molecular flexibility index (Phi) is 48.0. The fraction of sp³-hybridized carbons (Fsp3) is 0.202. The van der Waals surface area contributed by atoms with E-state index in [1.165, 1.54) is 59.8 Å². The first-order chi connectivity index (χ1) is 68.2. The summed E-state index contributed by atoms with van der Waals surface area (Å²) in [5.41, 5.74) is 8.98. The number of aromatic nitrogens is 2. The number of ether oxygens (including phenoxy) is 7. The molecule has 0 aliphatic rings. The number of H-pyrrole nitrogens is 2. The number of phenolic OH excluding ortho intramolecular Hbond substituents is 6. The van der Waals surface area contributed by atoms with Gasteiger partial charge in [-0.2, -0.15) is 7.11 Å². The Morgan fingerprint density at radius 3 is 1.29 bits per heavy atom. The van der Waals surface area contributed by atoms with Gasteiger partial charge in [-0.1, -0.05) is 217 Å². The summed E-state index contributed by atoms with van der Waals surface area (Å²) in [6.07, 6.45) is 4.29. The van der Waals surface area contributed by atoms with Crippen LogP contribution >= 0.6 is 47.3 Å². The summed E-state index contributed by atoms with van der Waals surface area (Å²) < 4.78 is 41.2. The van der Waals surface area contributed by atoms with Crippen LogP contribution in [0.2, 0.25) is 0 Å². The number of fused-ring (bicyclic) bond motifs is 5. The number of phenols is 7. The molecule has 16 rings (SSSR count). The Labute approximate surface area is 873 Å². The molecule has 29 nitrogen and oxygen atoms in total. The molecule has 0 aliphatic carbocycles. The van der Waals surface area contributed by atoms with Crippen molar-refractivity contribution >= 4 is 134 Å². The molecule has 0 spiro atoms. The van der Waals surface area contributed by atoms with Crippen LogP contribution in [0.3, 0.4) is 0 Å². The number of hydrogen-bond acceptors (Lipinski definition) is 26. The maximum absolute atomic E-state index is 13.6. The Morgan fingerprint density at radius 1 is 0.392 bits per heavy atom. The van der Waals surface area contributed by atoms with Crippen LogP contribution in [-0.4, -0.2) is 146 Å². The van der Waals surface area contributed by atoms with Crippen LogP contribution in [0.1, 0.15) is 123 Å². The van der Waals surface area contributed by atoms with Crippen molar-refractivity contribution in [3.05, 3.63) is 331 Å². The molecule has 2 heterocycles. The average Bonchev–Trinajstić information content (AvgIpc) is 1.76. The van der Waals surface area contributed by atoms with Crippen LogP contribution in [0, 0.1) is 0 Å². The number of esters is 3.